The summed E-state index contributed by atoms with van der Waals surface area (Å²) in [6.07, 6.45) is 6.91. The molecule has 5 aliphatic rings. The van der Waals surface area contributed by atoms with Crippen molar-refractivity contribution < 1.29 is 38.5 Å². The number of aliphatic hydroxyl groups excluding tert-OH is 1. The van der Waals surface area contributed by atoms with Gasteiger partial charge in [-0.3, -0.25) is 24.1 Å². The van der Waals surface area contributed by atoms with Gasteiger partial charge in [-0.05, 0) is 24.8 Å². The number of esters is 1. The maximum atomic E-state index is 14.9. The molecule has 5 aliphatic heterocycles. The van der Waals surface area contributed by atoms with Gasteiger partial charge >= 0.3 is 5.97 Å². The van der Waals surface area contributed by atoms with E-state index in [0.717, 1.165) is 18.7 Å². The first-order valence-corrected chi connectivity index (χ1v) is 18.2. The van der Waals surface area contributed by atoms with Crippen LogP contribution in [0.5, 0.6) is 0 Å². The Kier molecular flexibility index (Phi) is 11.1. The lowest BCUT2D eigenvalue weighted by atomic mass is 9.77. The lowest BCUT2D eigenvalue weighted by Crippen LogP contribution is -2.59. The van der Waals surface area contributed by atoms with Crippen LogP contribution in [-0.4, -0.2) is 138 Å². The highest BCUT2D eigenvalue weighted by Crippen LogP contribution is 2.54. The topological polar surface area (TPSA) is 129 Å². The molecule has 1 N–H and O–H groups in total. The molecule has 5 heterocycles. The summed E-state index contributed by atoms with van der Waals surface area (Å²) in [5.74, 6) is -3.64. The lowest BCUT2D eigenvalue weighted by molar-refractivity contribution is -0.165. The monoisotopic (exact) mass is 692 g/mol. The molecule has 50 heavy (non-hydrogen) atoms. The van der Waals surface area contributed by atoms with Crippen LogP contribution in [0.25, 0.3) is 0 Å². The number of benzene rings is 1. The van der Waals surface area contributed by atoms with Crippen LogP contribution in [0.2, 0.25) is 0 Å². The van der Waals surface area contributed by atoms with E-state index in [1.54, 1.807) is 22.9 Å². The molecule has 0 aliphatic carbocycles. The van der Waals surface area contributed by atoms with E-state index < -0.39 is 59.6 Å². The highest BCUT2D eigenvalue weighted by Gasteiger charge is 2.72. The van der Waals surface area contributed by atoms with Crippen LogP contribution < -0.4 is 0 Å². The second kappa shape index (κ2) is 15.3. The summed E-state index contributed by atoms with van der Waals surface area (Å²) in [6.45, 7) is 9.74. The molecule has 3 fully saturated rings. The van der Waals surface area contributed by atoms with E-state index >= 15 is 0 Å². The molecule has 6 rings (SSSR count). The Hall–Kier alpha value is -3.58. The minimum Gasteiger partial charge on any atom is -0.455 e. The van der Waals surface area contributed by atoms with Crippen LogP contribution in [0, 0.1) is 17.8 Å². The van der Waals surface area contributed by atoms with Crippen molar-refractivity contribution in [2.24, 2.45) is 17.8 Å². The summed E-state index contributed by atoms with van der Waals surface area (Å²) < 4.78 is 18.7. The van der Waals surface area contributed by atoms with Crippen molar-refractivity contribution in [3.8, 4) is 0 Å². The summed E-state index contributed by atoms with van der Waals surface area (Å²) in [7, 11) is 1.71. The van der Waals surface area contributed by atoms with Crippen LogP contribution in [0.4, 0.5) is 0 Å². The Morgan fingerprint density at radius 1 is 1.02 bits per heavy atom. The van der Waals surface area contributed by atoms with Crippen molar-refractivity contribution in [2.75, 3.05) is 59.6 Å². The van der Waals surface area contributed by atoms with Gasteiger partial charge in [0.15, 0.2) is 0 Å². The number of amides is 3. The van der Waals surface area contributed by atoms with Crippen molar-refractivity contribution in [1.82, 2.24) is 19.6 Å². The fourth-order valence-electron chi connectivity index (χ4n) is 8.33. The zero-order chi connectivity index (χ0) is 35.6. The third kappa shape index (κ3) is 6.63. The highest BCUT2D eigenvalue weighted by atomic mass is 16.6. The number of morpholine rings is 1. The van der Waals surface area contributed by atoms with Gasteiger partial charge in [-0.15, -0.1) is 0 Å². The number of nitrogens with zero attached hydrogens (tertiary/aromatic N) is 4. The van der Waals surface area contributed by atoms with Gasteiger partial charge in [-0.2, -0.15) is 0 Å². The van der Waals surface area contributed by atoms with Gasteiger partial charge in [-0.25, -0.2) is 0 Å². The van der Waals surface area contributed by atoms with E-state index in [-0.39, 0.29) is 30.8 Å². The molecule has 0 unspecified atom stereocenters. The number of rotatable bonds is 8. The average molecular weight is 693 g/mol. The van der Waals surface area contributed by atoms with Gasteiger partial charge in [0.25, 0.3) is 0 Å². The summed E-state index contributed by atoms with van der Waals surface area (Å²) in [5, 5.41) is 10.8. The second-order valence-corrected chi connectivity index (χ2v) is 14.3. The summed E-state index contributed by atoms with van der Waals surface area (Å²) in [6, 6.07) is 7.05. The number of cyclic esters (lactones) is 1. The molecule has 0 bridgehead atoms. The predicted molar refractivity (Wildman–Crippen MR) is 184 cm³/mol. The van der Waals surface area contributed by atoms with Gasteiger partial charge in [0.05, 0.1) is 43.9 Å². The fourth-order valence-corrected chi connectivity index (χ4v) is 8.33. The maximum Gasteiger partial charge on any atom is 0.313 e. The first kappa shape index (κ1) is 36.2. The standard InChI is InChI=1S/C38H52N4O8/c1-5-25(2)28(24-43)42-34-36(46)41(19-18-40-20-22-48-23-21-40)17-11-16-38(34)32(35(42)45)31-29(50-38)14-9-10-15-30(44)39(4)26(3)33(49-37(31)47)27-12-7-6-8-13-27/h6-9,11-14,16,25-26,28-29,31-34,43H,5,10,15,17-24H2,1-4H3/b14-9-/t25-,26+,28-,29+,31-,32-,33-,34+,38-/m0/s1. The van der Waals surface area contributed by atoms with Gasteiger partial charge in [0, 0.05) is 46.2 Å². The summed E-state index contributed by atoms with van der Waals surface area (Å²) in [4.78, 5) is 64.7. The Labute approximate surface area is 295 Å². The second-order valence-electron chi connectivity index (χ2n) is 14.3. The smallest absolute Gasteiger partial charge is 0.313 e. The molecule has 0 saturated carbocycles. The number of ether oxygens (including phenoxy) is 3. The molecule has 0 aromatic heterocycles. The number of allylic oxidation sites excluding steroid dienone is 1. The van der Waals surface area contributed by atoms with E-state index in [0.29, 0.717) is 45.7 Å². The van der Waals surface area contributed by atoms with E-state index in [2.05, 4.69) is 4.90 Å². The number of carbonyl (C=O) groups excluding carboxylic acids is 4. The molecule has 1 aromatic carbocycles. The van der Waals surface area contributed by atoms with Crippen LogP contribution >= 0.6 is 0 Å². The number of aliphatic hydroxyl groups is 1. The molecule has 9 atom stereocenters. The van der Waals surface area contributed by atoms with Crippen molar-refractivity contribution in [2.45, 2.75) is 76.0 Å². The number of carbonyl (C=O) groups is 4. The number of hydrogen-bond donors (Lipinski definition) is 1. The van der Waals surface area contributed by atoms with Crippen molar-refractivity contribution in [3.05, 3.63) is 60.2 Å². The molecule has 1 spiro atoms. The van der Waals surface area contributed by atoms with Crippen LogP contribution in [0.15, 0.2) is 54.6 Å². The number of fused-ring (bicyclic) bond motifs is 2. The first-order valence-electron chi connectivity index (χ1n) is 18.2. The molecule has 3 amide bonds. The quantitative estimate of drug-likeness (QED) is 0.322. The third-order valence-corrected chi connectivity index (χ3v) is 11.6. The molecular weight excluding hydrogens is 640 g/mol. The molecule has 272 valence electrons. The molecule has 3 saturated heterocycles. The Morgan fingerprint density at radius 2 is 1.76 bits per heavy atom. The highest BCUT2D eigenvalue weighted by molar-refractivity contribution is 5.99. The van der Waals surface area contributed by atoms with Gasteiger partial charge in [0.2, 0.25) is 17.7 Å². The van der Waals surface area contributed by atoms with Crippen LogP contribution in [0.1, 0.15) is 51.7 Å². The number of hydrogen-bond acceptors (Lipinski definition) is 9. The molecule has 1 aromatic rings. The zero-order valence-corrected chi connectivity index (χ0v) is 29.7. The molecule has 0 radical (unpaired) electrons. The van der Waals surface area contributed by atoms with Crippen molar-refractivity contribution in [1.29, 1.82) is 0 Å². The van der Waals surface area contributed by atoms with E-state index in [9.17, 15) is 24.3 Å². The minimum absolute atomic E-state index is 0.0838. The van der Waals surface area contributed by atoms with E-state index in [1.807, 2.05) is 69.3 Å². The SMILES string of the molecule is CC[C@H](C)[C@H](CO)N1C(=O)[C@@H]2[C@H]3C(=O)O[C@H](c4ccccc4)[C@@H](C)N(C)C(=O)CC/C=C\[C@H]3O[C@@]23C=CCN(CCN2CCOCC2)C(=O)[C@@H]13. The number of likely N-dealkylation sites (N-methyl/N-ethyl adjacent to an activating group) is 1. The molecule has 12 heteroatoms. The summed E-state index contributed by atoms with van der Waals surface area (Å²) >= 11 is 0. The summed E-state index contributed by atoms with van der Waals surface area (Å²) in [5.41, 5.74) is -0.747. The number of likely N-dealkylation sites (tertiary alicyclic amines) is 1. The van der Waals surface area contributed by atoms with Crippen LogP contribution in [0.3, 0.4) is 0 Å². The van der Waals surface area contributed by atoms with Gasteiger partial charge in [0.1, 0.15) is 23.7 Å². The van der Waals surface area contributed by atoms with E-state index in [4.69, 9.17) is 14.2 Å². The van der Waals surface area contributed by atoms with E-state index in [1.165, 1.54) is 4.90 Å². The largest absolute Gasteiger partial charge is 0.455 e. The molecule has 12 nitrogen and oxygen atoms in total. The third-order valence-electron chi connectivity index (χ3n) is 11.6. The predicted octanol–water partition coefficient (Wildman–Crippen LogP) is 2.19. The molecular formula is C38H52N4O8. The zero-order valence-electron chi connectivity index (χ0n) is 29.7. The Morgan fingerprint density at radius 3 is 2.46 bits per heavy atom. The first-order chi connectivity index (χ1) is 24.1. The minimum atomic E-state index is -1.47. The van der Waals surface area contributed by atoms with Crippen molar-refractivity contribution >= 4 is 23.7 Å². The maximum absolute atomic E-state index is 14.9. The lowest BCUT2D eigenvalue weighted by Gasteiger charge is -2.40. The average Bonchev–Trinajstić information content (AvgIpc) is 3.52. The Bertz CT molecular complexity index is 1460. The van der Waals surface area contributed by atoms with Gasteiger partial charge in [-0.1, -0.05) is 74.9 Å². The fraction of sp³-hybridized carbons (Fsp3) is 0.632. The Balaban J connectivity index is 1.41. The van der Waals surface area contributed by atoms with Crippen LogP contribution in [-0.2, 0) is 33.4 Å². The normalized spacial score (nSPS) is 34.2. The van der Waals surface area contributed by atoms with Gasteiger partial charge < -0.3 is 34.0 Å². The van der Waals surface area contributed by atoms with Crippen molar-refractivity contribution in [3.63, 3.8) is 0 Å².